The molecule has 1 unspecified atom stereocenters. The molecule has 0 fully saturated rings. The van der Waals surface area contributed by atoms with E-state index in [1.165, 1.54) is 0 Å². The molecule has 1 heterocycles. The molecular formula is C13H21N3O. The van der Waals surface area contributed by atoms with Gasteiger partial charge in [-0.2, -0.15) is 0 Å². The molecule has 0 aliphatic heterocycles. The van der Waals surface area contributed by atoms with Crippen LogP contribution >= 0.6 is 0 Å². The molecule has 0 aliphatic carbocycles. The molecule has 94 valence electrons. The molecule has 17 heavy (non-hydrogen) atoms. The van der Waals surface area contributed by atoms with Crippen molar-refractivity contribution in [1.29, 1.82) is 0 Å². The number of nitrogens with zero attached hydrogens (tertiary/aromatic N) is 1. The maximum absolute atomic E-state index is 12.0. The minimum Gasteiger partial charge on any atom is -0.384 e. The molecule has 1 aromatic rings. The Labute approximate surface area is 103 Å². The fourth-order valence-corrected chi connectivity index (χ4v) is 1.82. The first-order valence-corrected chi connectivity index (χ1v) is 5.99. The van der Waals surface area contributed by atoms with Crippen LogP contribution in [0.5, 0.6) is 0 Å². The lowest BCUT2D eigenvalue weighted by molar-refractivity contribution is 0.0924. The first-order chi connectivity index (χ1) is 7.93. The van der Waals surface area contributed by atoms with Crippen LogP contribution in [0.2, 0.25) is 0 Å². The third-order valence-corrected chi connectivity index (χ3v) is 2.80. The SMILES string of the molecule is CCC(NC(=O)c1cc(C)nc(N)c1)C(C)C. The monoisotopic (exact) mass is 235 g/mol. The van der Waals surface area contributed by atoms with E-state index in [-0.39, 0.29) is 11.9 Å². The maximum Gasteiger partial charge on any atom is 0.251 e. The summed E-state index contributed by atoms with van der Waals surface area (Å²) in [5, 5.41) is 3.01. The fraction of sp³-hybridized carbons (Fsp3) is 0.538. The van der Waals surface area contributed by atoms with Crippen LogP contribution < -0.4 is 11.1 Å². The number of carbonyl (C=O) groups is 1. The van der Waals surface area contributed by atoms with E-state index in [0.717, 1.165) is 12.1 Å². The number of rotatable bonds is 4. The molecule has 0 spiro atoms. The standard InChI is InChI=1S/C13H21N3O/c1-5-11(8(2)3)16-13(17)10-6-9(4)15-12(14)7-10/h6-8,11H,5H2,1-4H3,(H2,14,15)(H,16,17). The van der Waals surface area contributed by atoms with Crippen LogP contribution in [0.25, 0.3) is 0 Å². The van der Waals surface area contributed by atoms with Crippen LogP contribution in [0.1, 0.15) is 43.2 Å². The average Bonchev–Trinajstić information content (AvgIpc) is 2.23. The van der Waals surface area contributed by atoms with Gasteiger partial charge in [-0.25, -0.2) is 4.98 Å². The van der Waals surface area contributed by atoms with Gasteiger partial charge in [0.15, 0.2) is 0 Å². The number of aryl methyl sites for hydroxylation is 1. The number of nitrogens with one attached hydrogen (secondary N) is 1. The average molecular weight is 235 g/mol. The lowest BCUT2D eigenvalue weighted by Gasteiger charge is -2.20. The van der Waals surface area contributed by atoms with E-state index < -0.39 is 0 Å². The highest BCUT2D eigenvalue weighted by molar-refractivity contribution is 5.95. The molecule has 1 rings (SSSR count). The Morgan fingerprint density at radius 3 is 2.59 bits per heavy atom. The minimum absolute atomic E-state index is 0.0808. The van der Waals surface area contributed by atoms with E-state index in [2.05, 4.69) is 31.1 Å². The predicted octanol–water partition coefficient (Wildman–Crippen LogP) is 2.14. The van der Waals surface area contributed by atoms with Crippen LogP contribution in [0.3, 0.4) is 0 Å². The Kier molecular flexibility index (Phi) is 4.49. The third-order valence-electron chi connectivity index (χ3n) is 2.80. The molecular weight excluding hydrogens is 214 g/mol. The summed E-state index contributed by atoms with van der Waals surface area (Å²) < 4.78 is 0. The van der Waals surface area contributed by atoms with Crippen molar-refractivity contribution in [3.8, 4) is 0 Å². The number of nitrogen functional groups attached to an aromatic ring is 1. The smallest absolute Gasteiger partial charge is 0.251 e. The van der Waals surface area contributed by atoms with Crippen molar-refractivity contribution in [3.63, 3.8) is 0 Å². The Morgan fingerprint density at radius 2 is 2.12 bits per heavy atom. The second-order valence-corrected chi connectivity index (χ2v) is 4.65. The van der Waals surface area contributed by atoms with E-state index in [4.69, 9.17) is 5.73 Å². The topological polar surface area (TPSA) is 68.0 Å². The maximum atomic E-state index is 12.0. The Bertz CT molecular complexity index is 381. The van der Waals surface area contributed by atoms with Gasteiger partial charge in [0.05, 0.1) is 0 Å². The second-order valence-electron chi connectivity index (χ2n) is 4.65. The van der Waals surface area contributed by atoms with Gasteiger partial charge in [0.2, 0.25) is 0 Å². The van der Waals surface area contributed by atoms with Crippen molar-refractivity contribution < 1.29 is 4.79 Å². The molecule has 0 saturated heterocycles. The summed E-state index contributed by atoms with van der Waals surface area (Å²) in [7, 11) is 0. The van der Waals surface area contributed by atoms with Gasteiger partial charge in [0.1, 0.15) is 5.82 Å². The fourth-order valence-electron chi connectivity index (χ4n) is 1.82. The van der Waals surface area contributed by atoms with Crippen molar-refractivity contribution in [2.45, 2.75) is 40.2 Å². The predicted molar refractivity (Wildman–Crippen MR) is 69.8 cm³/mol. The summed E-state index contributed by atoms with van der Waals surface area (Å²) in [6.07, 6.45) is 0.920. The summed E-state index contributed by atoms with van der Waals surface area (Å²) in [6.45, 7) is 8.09. The van der Waals surface area contributed by atoms with E-state index in [1.807, 2.05) is 6.92 Å². The molecule has 1 amide bonds. The highest BCUT2D eigenvalue weighted by Crippen LogP contribution is 2.10. The van der Waals surface area contributed by atoms with Crippen molar-refractivity contribution in [2.75, 3.05) is 5.73 Å². The lowest BCUT2D eigenvalue weighted by atomic mass is 10.0. The van der Waals surface area contributed by atoms with Gasteiger partial charge in [-0.1, -0.05) is 20.8 Å². The molecule has 0 bridgehead atoms. The summed E-state index contributed by atoms with van der Waals surface area (Å²) in [6, 6.07) is 3.55. The van der Waals surface area contributed by atoms with Crippen LogP contribution in [0.15, 0.2) is 12.1 Å². The normalized spacial score (nSPS) is 12.5. The van der Waals surface area contributed by atoms with E-state index >= 15 is 0 Å². The first-order valence-electron chi connectivity index (χ1n) is 5.99. The minimum atomic E-state index is -0.0808. The zero-order valence-electron chi connectivity index (χ0n) is 10.9. The number of nitrogens with two attached hydrogens (primary N) is 1. The highest BCUT2D eigenvalue weighted by Gasteiger charge is 2.15. The van der Waals surface area contributed by atoms with Crippen molar-refractivity contribution in [1.82, 2.24) is 10.3 Å². The van der Waals surface area contributed by atoms with Gasteiger partial charge in [-0.15, -0.1) is 0 Å². The molecule has 0 aromatic carbocycles. The Hall–Kier alpha value is -1.58. The van der Waals surface area contributed by atoms with Gasteiger partial charge in [-0.3, -0.25) is 4.79 Å². The zero-order chi connectivity index (χ0) is 13.0. The number of carbonyl (C=O) groups excluding carboxylic acids is 1. The molecule has 4 nitrogen and oxygen atoms in total. The molecule has 1 atom stereocenters. The lowest BCUT2D eigenvalue weighted by Crippen LogP contribution is -2.38. The summed E-state index contributed by atoms with van der Waals surface area (Å²) in [5.41, 5.74) is 6.96. The molecule has 3 N–H and O–H groups in total. The Morgan fingerprint density at radius 1 is 1.47 bits per heavy atom. The van der Waals surface area contributed by atoms with Crippen LogP contribution in [-0.2, 0) is 0 Å². The second kappa shape index (κ2) is 5.66. The van der Waals surface area contributed by atoms with Crippen molar-refractivity contribution >= 4 is 11.7 Å². The number of hydrogen-bond donors (Lipinski definition) is 2. The van der Waals surface area contributed by atoms with Gasteiger partial charge in [0.25, 0.3) is 5.91 Å². The first kappa shape index (κ1) is 13.5. The van der Waals surface area contributed by atoms with Crippen molar-refractivity contribution in [2.24, 2.45) is 5.92 Å². The van der Waals surface area contributed by atoms with Gasteiger partial charge < -0.3 is 11.1 Å². The number of anilines is 1. The van der Waals surface area contributed by atoms with E-state index in [0.29, 0.717) is 17.3 Å². The number of aromatic nitrogens is 1. The summed E-state index contributed by atoms with van der Waals surface area (Å²) in [4.78, 5) is 16.1. The van der Waals surface area contributed by atoms with E-state index in [1.54, 1.807) is 12.1 Å². The molecule has 4 heteroatoms. The molecule has 0 radical (unpaired) electrons. The van der Waals surface area contributed by atoms with Crippen LogP contribution in [-0.4, -0.2) is 16.9 Å². The number of hydrogen-bond acceptors (Lipinski definition) is 3. The van der Waals surface area contributed by atoms with Gasteiger partial charge in [0, 0.05) is 17.3 Å². The van der Waals surface area contributed by atoms with E-state index in [9.17, 15) is 4.79 Å². The van der Waals surface area contributed by atoms with Crippen molar-refractivity contribution in [3.05, 3.63) is 23.4 Å². The largest absolute Gasteiger partial charge is 0.384 e. The third kappa shape index (κ3) is 3.73. The highest BCUT2D eigenvalue weighted by atomic mass is 16.1. The Balaban J connectivity index is 2.82. The van der Waals surface area contributed by atoms with Gasteiger partial charge in [-0.05, 0) is 31.4 Å². The molecule has 0 saturated carbocycles. The molecule has 1 aromatic heterocycles. The summed E-state index contributed by atoms with van der Waals surface area (Å²) >= 11 is 0. The van der Waals surface area contributed by atoms with Crippen LogP contribution in [0, 0.1) is 12.8 Å². The van der Waals surface area contributed by atoms with Crippen LogP contribution in [0.4, 0.5) is 5.82 Å². The van der Waals surface area contributed by atoms with Gasteiger partial charge >= 0.3 is 0 Å². The summed E-state index contributed by atoms with van der Waals surface area (Å²) in [5.74, 6) is 0.722. The molecule has 0 aliphatic rings. The number of pyridine rings is 1. The zero-order valence-corrected chi connectivity index (χ0v) is 10.9. The number of amides is 1. The quantitative estimate of drug-likeness (QED) is 0.840.